The standard InChI is InChI=1S/C21H16N4O2S/c1-3-17(26)24-20-19(18(27)15-6-4-5-14(11-15)12-22)28-21(25-20)23-16-9-7-13(2)8-10-16/h3-11H,1H2,2H3,(H,23,25)(H,24,26). The first-order valence-electron chi connectivity index (χ1n) is 8.33. The Kier molecular flexibility index (Phi) is 5.63. The van der Waals surface area contributed by atoms with Gasteiger partial charge in [0.1, 0.15) is 4.88 Å². The number of ketones is 1. The molecule has 1 aromatic heterocycles. The number of nitriles is 1. The molecule has 3 rings (SSSR count). The molecule has 2 aromatic carbocycles. The van der Waals surface area contributed by atoms with Crippen molar-refractivity contribution in [2.24, 2.45) is 0 Å². The molecule has 0 spiro atoms. The molecule has 0 bridgehead atoms. The number of hydrogen-bond acceptors (Lipinski definition) is 6. The highest BCUT2D eigenvalue weighted by atomic mass is 32.1. The lowest BCUT2D eigenvalue weighted by molar-refractivity contribution is -0.111. The van der Waals surface area contributed by atoms with Gasteiger partial charge in [-0.05, 0) is 37.3 Å². The van der Waals surface area contributed by atoms with E-state index in [0.29, 0.717) is 16.3 Å². The van der Waals surface area contributed by atoms with Crippen molar-refractivity contribution >= 4 is 39.7 Å². The van der Waals surface area contributed by atoms with Crippen molar-refractivity contribution < 1.29 is 9.59 Å². The maximum Gasteiger partial charge on any atom is 0.248 e. The largest absolute Gasteiger partial charge is 0.331 e. The molecule has 0 radical (unpaired) electrons. The first kappa shape index (κ1) is 19.0. The van der Waals surface area contributed by atoms with E-state index in [-0.39, 0.29) is 16.5 Å². The first-order valence-corrected chi connectivity index (χ1v) is 9.14. The van der Waals surface area contributed by atoms with Crippen molar-refractivity contribution in [1.82, 2.24) is 4.98 Å². The Morgan fingerprint density at radius 1 is 1.21 bits per heavy atom. The number of carbonyl (C=O) groups excluding carboxylic acids is 2. The third-order valence-electron chi connectivity index (χ3n) is 3.82. The van der Waals surface area contributed by atoms with Crippen LogP contribution >= 0.6 is 11.3 Å². The second-order valence-corrected chi connectivity index (χ2v) is 6.90. The number of aryl methyl sites for hydroxylation is 1. The minimum Gasteiger partial charge on any atom is -0.331 e. The van der Waals surface area contributed by atoms with Crippen molar-refractivity contribution in [3.8, 4) is 6.07 Å². The SMILES string of the molecule is C=CC(=O)Nc1nc(Nc2ccc(C)cc2)sc1C(=O)c1cccc(C#N)c1. The summed E-state index contributed by atoms with van der Waals surface area (Å²) in [7, 11) is 0. The van der Waals surface area contributed by atoms with Crippen molar-refractivity contribution in [2.75, 3.05) is 10.6 Å². The topological polar surface area (TPSA) is 94.9 Å². The molecular weight excluding hydrogens is 372 g/mol. The number of carbonyl (C=O) groups is 2. The lowest BCUT2D eigenvalue weighted by Crippen LogP contribution is -2.11. The molecule has 3 aromatic rings. The van der Waals surface area contributed by atoms with Gasteiger partial charge in [0.2, 0.25) is 11.7 Å². The number of nitrogens with zero attached hydrogens (tertiary/aromatic N) is 2. The zero-order valence-corrected chi connectivity index (χ0v) is 15.8. The molecule has 6 nitrogen and oxygen atoms in total. The Labute approximate surface area is 166 Å². The van der Waals surface area contributed by atoms with E-state index in [4.69, 9.17) is 5.26 Å². The van der Waals surface area contributed by atoms with Gasteiger partial charge in [-0.3, -0.25) is 9.59 Å². The number of anilines is 3. The summed E-state index contributed by atoms with van der Waals surface area (Å²) in [5, 5.41) is 15.2. The lowest BCUT2D eigenvalue weighted by Gasteiger charge is -2.02. The molecular formula is C21H16N4O2S. The van der Waals surface area contributed by atoms with Crippen molar-refractivity contribution in [3.63, 3.8) is 0 Å². The van der Waals surface area contributed by atoms with Gasteiger partial charge in [0, 0.05) is 11.3 Å². The molecule has 138 valence electrons. The fourth-order valence-electron chi connectivity index (χ4n) is 2.40. The van der Waals surface area contributed by atoms with Crippen LogP contribution in [0.5, 0.6) is 0 Å². The van der Waals surface area contributed by atoms with Crippen LogP contribution in [0.2, 0.25) is 0 Å². The highest BCUT2D eigenvalue weighted by Crippen LogP contribution is 2.31. The normalized spacial score (nSPS) is 10.0. The van der Waals surface area contributed by atoms with Crippen LogP contribution in [0.3, 0.4) is 0 Å². The molecule has 0 saturated carbocycles. The van der Waals surface area contributed by atoms with Crippen molar-refractivity contribution in [3.05, 3.63) is 82.8 Å². The molecule has 0 aliphatic carbocycles. The lowest BCUT2D eigenvalue weighted by atomic mass is 10.1. The number of benzene rings is 2. The number of hydrogen-bond donors (Lipinski definition) is 2. The molecule has 0 aliphatic heterocycles. The molecule has 1 amide bonds. The first-order chi connectivity index (χ1) is 13.5. The summed E-state index contributed by atoms with van der Waals surface area (Å²) in [5.41, 5.74) is 2.66. The predicted octanol–water partition coefficient (Wildman–Crippen LogP) is 4.42. The number of nitrogens with one attached hydrogen (secondary N) is 2. The third-order valence-corrected chi connectivity index (χ3v) is 4.79. The third kappa shape index (κ3) is 4.31. The van der Waals surface area contributed by atoms with Crippen LogP contribution in [0, 0.1) is 18.3 Å². The fraction of sp³-hybridized carbons (Fsp3) is 0.0476. The van der Waals surface area contributed by atoms with E-state index < -0.39 is 5.91 Å². The summed E-state index contributed by atoms with van der Waals surface area (Å²) in [4.78, 5) is 29.3. The van der Waals surface area contributed by atoms with Gasteiger partial charge in [0.05, 0.1) is 11.6 Å². The average molecular weight is 388 g/mol. The maximum atomic E-state index is 13.0. The van der Waals surface area contributed by atoms with Crippen molar-refractivity contribution in [1.29, 1.82) is 5.26 Å². The zero-order chi connectivity index (χ0) is 20.1. The van der Waals surface area contributed by atoms with Crippen LogP contribution in [-0.2, 0) is 4.79 Å². The molecule has 0 fully saturated rings. The van der Waals surface area contributed by atoms with Crippen LogP contribution < -0.4 is 10.6 Å². The molecule has 1 heterocycles. The number of aromatic nitrogens is 1. The summed E-state index contributed by atoms with van der Waals surface area (Å²) >= 11 is 1.12. The highest BCUT2D eigenvalue weighted by Gasteiger charge is 2.21. The average Bonchev–Trinajstić information content (AvgIpc) is 3.11. The van der Waals surface area contributed by atoms with Crippen LogP contribution in [0.1, 0.15) is 26.4 Å². The summed E-state index contributed by atoms with van der Waals surface area (Å²) in [6, 6.07) is 16.1. The molecule has 0 atom stereocenters. The summed E-state index contributed by atoms with van der Waals surface area (Å²) in [6.07, 6.45) is 1.11. The Balaban J connectivity index is 1.97. The van der Waals surface area contributed by atoms with E-state index in [0.717, 1.165) is 28.7 Å². The Bertz CT molecular complexity index is 1090. The summed E-state index contributed by atoms with van der Waals surface area (Å²) in [6.45, 7) is 5.41. The van der Waals surface area contributed by atoms with Crippen molar-refractivity contribution in [2.45, 2.75) is 6.92 Å². The van der Waals surface area contributed by atoms with Gasteiger partial charge < -0.3 is 10.6 Å². The van der Waals surface area contributed by atoms with Crippen LogP contribution in [0.25, 0.3) is 0 Å². The van der Waals surface area contributed by atoms with Gasteiger partial charge in [0.15, 0.2) is 10.9 Å². The fourth-order valence-corrected chi connectivity index (χ4v) is 3.30. The van der Waals surface area contributed by atoms with Gasteiger partial charge in [-0.2, -0.15) is 5.26 Å². The van der Waals surface area contributed by atoms with Gasteiger partial charge in [0.25, 0.3) is 0 Å². The summed E-state index contributed by atoms with van der Waals surface area (Å²) < 4.78 is 0. The second kappa shape index (κ2) is 8.29. The van der Waals surface area contributed by atoms with Gasteiger partial charge in [-0.15, -0.1) is 0 Å². The smallest absolute Gasteiger partial charge is 0.248 e. The van der Waals surface area contributed by atoms with Crippen LogP contribution in [0.15, 0.2) is 61.2 Å². The van der Waals surface area contributed by atoms with Crippen LogP contribution in [0.4, 0.5) is 16.6 Å². The molecule has 28 heavy (non-hydrogen) atoms. The minimum absolute atomic E-state index is 0.150. The Morgan fingerprint density at radius 3 is 2.64 bits per heavy atom. The molecule has 2 N–H and O–H groups in total. The monoisotopic (exact) mass is 388 g/mol. The molecule has 7 heteroatoms. The van der Waals surface area contributed by atoms with E-state index in [9.17, 15) is 9.59 Å². The van der Waals surface area contributed by atoms with E-state index in [1.54, 1.807) is 18.2 Å². The van der Waals surface area contributed by atoms with E-state index in [1.165, 1.54) is 6.07 Å². The highest BCUT2D eigenvalue weighted by molar-refractivity contribution is 7.18. The number of thiazole rings is 1. The number of amides is 1. The maximum absolute atomic E-state index is 13.0. The molecule has 0 saturated heterocycles. The Morgan fingerprint density at radius 2 is 1.96 bits per heavy atom. The minimum atomic E-state index is -0.466. The quantitative estimate of drug-likeness (QED) is 0.481. The second-order valence-electron chi connectivity index (χ2n) is 5.90. The van der Waals surface area contributed by atoms with Crippen LogP contribution in [-0.4, -0.2) is 16.7 Å². The Hall–Kier alpha value is -3.76. The molecule has 0 unspecified atom stereocenters. The van der Waals surface area contributed by atoms with E-state index in [1.807, 2.05) is 37.3 Å². The zero-order valence-electron chi connectivity index (χ0n) is 15.0. The van der Waals surface area contributed by atoms with E-state index >= 15 is 0 Å². The predicted molar refractivity (Wildman–Crippen MR) is 110 cm³/mol. The van der Waals surface area contributed by atoms with Gasteiger partial charge >= 0.3 is 0 Å². The van der Waals surface area contributed by atoms with Gasteiger partial charge in [-0.25, -0.2) is 4.98 Å². The number of rotatable bonds is 6. The van der Waals surface area contributed by atoms with E-state index in [2.05, 4.69) is 22.2 Å². The van der Waals surface area contributed by atoms with Gasteiger partial charge in [-0.1, -0.05) is 47.7 Å². The summed E-state index contributed by atoms with van der Waals surface area (Å²) in [5.74, 6) is -0.644. The molecule has 0 aliphatic rings.